The Labute approximate surface area is 95.9 Å². The summed E-state index contributed by atoms with van der Waals surface area (Å²) in [6.07, 6.45) is 1.75. The molecule has 0 radical (unpaired) electrons. The van der Waals surface area contributed by atoms with Gasteiger partial charge in [0, 0.05) is 31.1 Å². The van der Waals surface area contributed by atoms with E-state index in [2.05, 4.69) is 10.3 Å². The molecule has 1 aromatic heterocycles. The van der Waals surface area contributed by atoms with Crippen LogP contribution in [0.2, 0.25) is 0 Å². The topological polar surface area (TPSA) is 29.9 Å². The lowest BCUT2D eigenvalue weighted by molar-refractivity contribution is 0.448. The number of benzene rings is 1. The van der Waals surface area contributed by atoms with E-state index in [0.29, 0.717) is 5.95 Å². The van der Waals surface area contributed by atoms with E-state index < -0.39 is 17.5 Å². The molecule has 0 aliphatic rings. The number of anilines is 2. The van der Waals surface area contributed by atoms with E-state index in [4.69, 9.17) is 0 Å². The predicted octanol–water partition coefficient (Wildman–Crippen LogP) is 2.89. The number of imidazole rings is 1. The number of halogens is 3. The average molecular weight is 241 g/mol. The summed E-state index contributed by atoms with van der Waals surface area (Å²) in [7, 11) is 1.73. The summed E-state index contributed by atoms with van der Waals surface area (Å²) in [5, 5.41) is 2.71. The van der Waals surface area contributed by atoms with Gasteiger partial charge in [-0.1, -0.05) is 0 Å². The Balaban J connectivity index is 2.33. The third-order valence-electron chi connectivity index (χ3n) is 2.24. The molecule has 1 N–H and O–H groups in total. The van der Waals surface area contributed by atoms with E-state index in [-0.39, 0.29) is 5.69 Å². The standard InChI is InChI=1S/C11H10F3N3/c1-6-5-17(2)11(15-6)16-7-3-8(12)10(14)9(13)4-7/h3-5H,1-2H3,(H,15,16). The van der Waals surface area contributed by atoms with Gasteiger partial charge in [0.25, 0.3) is 0 Å². The minimum Gasteiger partial charge on any atom is -0.325 e. The normalized spacial score (nSPS) is 10.6. The van der Waals surface area contributed by atoms with Gasteiger partial charge in [-0.25, -0.2) is 18.2 Å². The summed E-state index contributed by atoms with van der Waals surface area (Å²) in [5.41, 5.74) is 0.869. The van der Waals surface area contributed by atoms with Crippen LogP contribution in [0.4, 0.5) is 24.8 Å². The maximum Gasteiger partial charge on any atom is 0.207 e. The molecular formula is C11H10F3N3. The number of hydrogen-bond acceptors (Lipinski definition) is 2. The molecule has 0 atom stereocenters. The zero-order valence-corrected chi connectivity index (χ0v) is 9.26. The third kappa shape index (κ3) is 2.25. The second-order valence-electron chi connectivity index (χ2n) is 3.70. The van der Waals surface area contributed by atoms with Crippen LogP contribution in [0, 0.1) is 24.4 Å². The minimum atomic E-state index is -1.48. The molecule has 0 saturated carbocycles. The first-order chi connectivity index (χ1) is 7.97. The van der Waals surface area contributed by atoms with Crippen molar-refractivity contribution in [1.29, 1.82) is 0 Å². The molecule has 17 heavy (non-hydrogen) atoms. The first kappa shape index (κ1) is 11.5. The van der Waals surface area contributed by atoms with Gasteiger partial charge < -0.3 is 9.88 Å². The molecule has 6 heteroatoms. The number of nitrogens with zero attached hydrogens (tertiary/aromatic N) is 2. The molecule has 0 bridgehead atoms. The molecule has 0 aliphatic heterocycles. The Kier molecular flexibility index (Phi) is 2.79. The number of hydrogen-bond donors (Lipinski definition) is 1. The maximum atomic E-state index is 13.0. The van der Waals surface area contributed by atoms with E-state index in [9.17, 15) is 13.2 Å². The van der Waals surface area contributed by atoms with Gasteiger partial charge >= 0.3 is 0 Å². The average Bonchev–Trinajstić information content (AvgIpc) is 2.54. The van der Waals surface area contributed by atoms with Crippen molar-refractivity contribution in [3.05, 3.63) is 41.5 Å². The Morgan fingerprint density at radius 3 is 2.24 bits per heavy atom. The van der Waals surface area contributed by atoms with Crippen LogP contribution in [0.1, 0.15) is 5.69 Å². The molecule has 2 rings (SSSR count). The van der Waals surface area contributed by atoms with Gasteiger partial charge in [-0.2, -0.15) is 0 Å². The Bertz CT molecular complexity index is 540. The lowest BCUT2D eigenvalue weighted by Crippen LogP contribution is -2.01. The van der Waals surface area contributed by atoms with Crippen molar-refractivity contribution >= 4 is 11.6 Å². The van der Waals surface area contributed by atoms with E-state index >= 15 is 0 Å². The lowest BCUT2D eigenvalue weighted by atomic mass is 10.3. The smallest absolute Gasteiger partial charge is 0.207 e. The second-order valence-corrected chi connectivity index (χ2v) is 3.70. The second kappa shape index (κ2) is 4.12. The van der Waals surface area contributed by atoms with E-state index in [1.54, 1.807) is 24.7 Å². The highest BCUT2D eigenvalue weighted by Gasteiger charge is 2.11. The molecule has 90 valence electrons. The Hall–Kier alpha value is -1.98. The van der Waals surface area contributed by atoms with Gasteiger partial charge in [0.1, 0.15) is 0 Å². The summed E-state index contributed by atoms with van der Waals surface area (Å²) >= 11 is 0. The molecule has 2 aromatic rings. The molecule has 0 saturated heterocycles. The van der Waals surface area contributed by atoms with Crippen LogP contribution in [-0.4, -0.2) is 9.55 Å². The zero-order chi connectivity index (χ0) is 12.6. The molecular weight excluding hydrogens is 231 g/mol. The number of aryl methyl sites for hydroxylation is 2. The first-order valence-corrected chi connectivity index (χ1v) is 4.89. The summed E-state index contributed by atoms with van der Waals surface area (Å²) in [6, 6.07) is 1.75. The highest BCUT2D eigenvalue weighted by atomic mass is 19.2. The van der Waals surface area contributed by atoms with Crippen molar-refractivity contribution in [3.63, 3.8) is 0 Å². The molecule has 0 amide bonds. The summed E-state index contributed by atoms with van der Waals surface area (Å²) in [6.45, 7) is 1.79. The van der Waals surface area contributed by atoms with Gasteiger partial charge in [0.05, 0.1) is 5.69 Å². The SMILES string of the molecule is Cc1cn(C)c(Nc2cc(F)c(F)c(F)c2)n1. The molecule has 0 aliphatic carbocycles. The van der Waals surface area contributed by atoms with Gasteiger partial charge in [0.15, 0.2) is 17.5 Å². The quantitative estimate of drug-likeness (QED) is 0.819. The Morgan fingerprint density at radius 2 is 1.76 bits per heavy atom. The summed E-state index contributed by atoms with van der Waals surface area (Å²) < 4.78 is 40.3. The predicted molar refractivity (Wildman–Crippen MR) is 57.5 cm³/mol. The van der Waals surface area contributed by atoms with E-state index in [1.165, 1.54) is 0 Å². The zero-order valence-electron chi connectivity index (χ0n) is 9.26. The minimum absolute atomic E-state index is 0.107. The molecule has 0 fully saturated rings. The molecule has 3 nitrogen and oxygen atoms in total. The van der Waals surface area contributed by atoms with E-state index in [1.807, 2.05) is 0 Å². The number of rotatable bonds is 2. The molecule has 0 spiro atoms. The summed E-state index contributed by atoms with van der Waals surface area (Å²) in [4.78, 5) is 4.10. The van der Waals surface area contributed by atoms with Crippen molar-refractivity contribution in [2.75, 3.05) is 5.32 Å². The largest absolute Gasteiger partial charge is 0.325 e. The van der Waals surface area contributed by atoms with Crippen molar-refractivity contribution in [2.24, 2.45) is 7.05 Å². The molecule has 0 unspecified atom stereocenters. The molecule has 1 aromatic carbocycles. The molecule has 1 heterocycles. The van der Waals surface area contributed by atoms with Crippen LogP contribution >= 0.6 is 0 Å². The lowest BCUT2D eigenvalue weighted by Gasteiger charge is -2.06. The van der Waals surface area contributed by atoms with Crippen LogP contribution in [0.25, 0.3) is 0 Å². The van der Waals surface area contributed by atoms with Crippen molar-refractivity contribution < 1.29 is 13.2 Å². The fourth-order valence-corrected chi connectivity index (χ4v) is 1.49. The van der Waals surface area contributed by atoms with Crippen LogP contribution in [0.5, 0.6) is 0 Å². The summed E-state index contributed by atoms with van der Waals surface area (Å²) in [5.74, 6) is -3.53. The van der Waals surface area contributed by atoms with Crippen LogP contribution in [0.3, 0.4) is 0 Å². The number of aromatic nitrogens is 2. The van der Waals surface area contributed by atoms with E-state index in [0.717, 1.165) is 17.8 Å². The fourth-order valence-electron chi connectivity index (χ4n) is 1.49. The fraction of sp³-hybridized carbons (Fsp3) is 0.182. The van der Waals surface area contributed by atoms with Gasteiger partial charge in [-0.05, 0) is 6.92 Å². The highest BCUT2D eigenvalue weighted by molar-refractivity contribution is 5.54. The maximum absolute atomic E-state index is 13.0. The van der Waals surface area contributed by atoms with Crippen molar-refractivity contribution in [2.45, 2.75) is 6.92 Å². The van der Waals surface area contributed by atoms with Gasteiger partial charge in [-0.15, -0.1) is 0 Å². The first-order valence-electron chi connectivity index (χ1n) is 4.89. The van der Waals surface area contributed by atoms with Crippen molar-refractivity contribution in [3.8, 4) is 0 Å². The highest BCUT2D eigenvalue weighted by Crippen LogP contribution is 2.20. The van der Waals surface area contributed by atoms with Crippen LogP contribution in [0.15, 0.2) is 18.3 Å². The van der Waals surface area contributed by atoms with Gasteiger partial charge in [-0.3, -0.25) is 0 Å². The monoisotopic (exact) mass is 241 g/mol. The third-order valence-corrected chi connectivity index (χ3v) is 2.24. The Morgan fingerprint density at radius 1 is 1.18 bits per heavy atom. The van der Waals surface area contributed by atoms with Crippen molar-refractivity contribution in [1.82, 2.24) is 9.55 Å². The van der Waals surface area contributed by atoms with Crippen LogP contribution in [-0.2, 0) is 7.05 Å². The van der Waals surface area contributed by atoms with Gasteiger partial charge in [0.2, 0.25) is 5.95 Å². The number of nitrogens with one attached hydrogen (secondary N) is 1. The van der Waals surface area contributed by atoms with Crippen LogP contribution < -0.4 is 5.32 Å².